The first-order chi connectivity index (χ1) is 9.88. The third kappa shape index (κ3) is 3.44. The third-order valence-corrected chi connectivity index (χ3v) is 3.08. The summed E-state index contributed by atoms with van der Waals surface area (Å²) < 4.78 is 5.26. The molecule has 0 aliphatic carbocycles. The number of rotatable bonds is 4. The molecule has 0 saturated heterocycles. The van der Waals surface area contributed by atoms with Gasteiger partial charge in [-0.15, -0.1) is 0 Å². The summed E-state index contributed by atoms with van der Waals surface area (Å²) in [7, 11) is 0. The third-order valence-electron chi connectivity index (χ3n) is 2.85. The largest absolute Gasteiger partial charge is 0.475 e. The highest BCUT2D eigenvalue weighted by Crippen LogP contribution is 2.32. The summed E-state index contributed by atoms with van der Waals surface area (Å²) in [5.74, 6) is -1.32. The van der Waals surface area contributed by atoms with E-state index in [1.807, 2.05) is 0 Å². The maximum atomic E-state index is 11.8. The molecule has 2 aromatic rings. The van der Waals surface area contributed by atoms with E-state index in [9.17, 15) is 9.59 Å². The van der Waals surface area contributed by atoms with Crippen LogP contribution in [0.15, 0.2) is 34.7 Å². The molecule has 0 spiro atoms. The summed E-state index contributed by atoms with van der Waals surface area (Å²) in [6, 6.07) is 7.81. The van der Waals surface area contributed by atoms with Gasteiger partial charge in [0.05, 0.1) is 5.69 Å². The quantitative estimate of drug-likeness (QED) is 0.898. The van der Waals surface area contributed by atoms with Gasteiger partial charge in [0, 0.05) is 16.5 Å². The van der Waals surface area contributed by atoms with E-state index in [0.29, 0.717) is 22.0 Å². The van der Waals surface area contributed by atoms with Crippen LogP contribution in [-0.2, 0) is 4.79 Å². The van der Waals surface area contributed by atoms with Gasteiger partial charge in [-0.3, -0.25) is 4.79 Å². The summed E-state index contributed by atoms with van der Waals surface area (Å²) >= 11 is 5.95. The fourth-order valence-electron chi connectivity index (χ4n) is 1.71. The van der Waals surface area contributed by atoms with Gasteiger partial charge in [-0.2, -0.15) is 0 Å². The van der Waals surface area contributed by atoms with Crippen molar-refractivity contribution >= 4 is 29.2 Å². The Kier molecular flexibility index (Phi) is 4.33. The predicted molar refractivity (Wildman–Crippen MR) is 79.6 cm³/mol. The highest BCUT2D eigenvalue weighted by atomic mass is 35.5. The van der Waals surface area contributed by atoms with Gasteiger partial charge in [0.2, 0.25) is 11.7 Å². The summed E-state index contributed by atoms with van der Waals surface area (Å²) in [5, 5.41) is 12.1. The van der Waals surface area contributed by atoms with E-state index in [0.717, 1.165) is 0 Å². The summed E-state index contributed by atoms with van der Waals surface area (Å²) in [5.41, 5.74) is 1.05. The minimum atomic E-state index is -1.15. The second-order valence-electron chi connectivity index (χ2n) is 4.80. The highest BCUT2D eigenvalue weighted by molar-refractivity contribution is 6.31. The van der Waals surface area contributed by atoms with Crippen molar-refractivity contribution in [3.63, 3.8) is 0 Å². The topological polar surface area (TPSA) is 79.5 Å². The van der Waals surface area contributed by atoms with Crippen molar-refractivity contribution in [1.29, 1.82) is 0 Å². The van der Waals surface area contributed by atoms with E-state index >= 15 is 0 Å². The van der Waals surface area contributed by atoms with Crippen LogP contribution in [0.1, 0.15) is 24.4 Å². The van der Waals surface area contributed by atoms with E-state index in [-0.39, 0.29) is 17.6 Å². The molecule has 1 aromatic heterocycles. The van der Waals surface area contributed by atoms with Crippen LogP contribution in [0.25, 0.3) is 11.3 Å². The van der Waals surface area contributed by atoms with E-state index in [1.54, 1.807) is 32.0 Å². The lowest BCUT2D eigenvalue weighted by Gasteiger charge is -2.11. The first kappa shape index (κ1) is 15.1. The van der Waals surface area contributed by atoms with Gasteiger partial charge in [0.15, 0.2) is 0 Å². The fraction of sp³-hybridized carbons (Fsp3) is 0.200. The molecule has 0 saturated carbocycles. The zero-order valence-electron chi connectivity index (χ0n) is 11.5. The Labute approximate surface area is 126 Å². The molecule has 0 unspecified atom stereocenters. The molecule has 1 heterocycles. The molecule has 1 amide bonds. The normalized spacial score (nSPS) is 10.7. The Morgan fingerprint density at radius 1 is 1.24 bits per heavy atom. The molecule has 1 aromatic carbocycles. The smallest absolute Gasteiger partial charge is 0.371 e. The fourth-order valence-corrected chi connectivity index (χ4v) is 1.88. The Morgan fingerprint density at radius 3 is 2.52 bits per heavy atom. The average Bonchev–Trinajstić information content (AvgIpc) is 2.88. The Bertz CT molecular complexity index is 691. The van der Waals surface area contributed by atoms with Crippen LogP contribution in [0.5, 0.6) is 0 Å². The van der Waals surface area contributed by atoms with E-state index in [1.165, 1.54) is 12.1 Å². The molecule has 5 nitrogen and oxygen atoms in total. The van der Waals surface area contributed by atoms with Crippen LogP contribution >= 0.6 is 11.6 Å². The molecule has 6 heteroatoms. The molecule has 0 atom stereocenters. The molecular weight excluding hydrogens is 294 g/mol. The number of carbonyl (C=O) groups excluding carboxylic acids is 1. The van der Waals surface area contributed by atoms with Crippen molar-refractivity contribution in [2.45, 2.75) is 13.8 Å². The minimum Gasteiger partial charge on any atom is -0.475 e. The second kappa shape index (κ2) is 6.01. The molecular formula is C15H14ClNO4. The van der Waals surface area contributed by atoms with Gasteiger partial charge in [-0.05, 0) is 30.3 Å². The number of nitrogens with one attached hydrogen (secondary N) is 1. The molecule has 0 radical (unpaired) electrons. The monoisotopic (exact) mass is 307 g/mol. The lowest BCUT2D eigenvalue weighted by Crippen LogP contribution is -2.18. The van der Waals surface area contributed by atoms with Gasteiger partial charge >= 0.3 is 5.97 Å². The number of aromatic carboxylic acids is 1. The standard InChI is InChI=1S/C15H14ClNO4/c1-8(2)14(18)17-11-7-9(16)3-4-10(11)12-5-6-13(21-12)15(19)20/h3-8H,1-2H3,(H,17,18)(H,19,20). The zero-order chi connectivity index (χ0) is 15.6. The van der Waals surface area contributed by atoms with Crippen molar-refractivity contribution in [2.24, 2.45) is 5.92 Å². The number of benzene rings is 1. The molecule has 21 heavy (non-hydrogen) atoms. The maximum absolute atomic E-state index is 11.8. The summed E-state index contributed by atoms with van der Waals surface area (Å²) in [4.78, 5) is 22.7. The number of hydrogen-bond donors (Lipinski definition) is 2. The van der Waals surface area contributed by atoms with Gasteiger partial charge in [0.25, 0.3) is 0 Å². The van der Waals surface area contributed by atoms with Crippen LogP contribution in [-0.4, -0.2) is 17.0 Å². The molecule has 0 bridgehead atoms. The molecule has 0 aliphatic rings. The highest BCUT2D eigenvalue weighted by Gasteiger charge is 2.16. The number of carboxylic acids is 1. The lowest BCUT2D eigenvalue weighted by molar-refractivity contribution is -0.118. The van der Waals surface area contributed by atoms with Crippen molar-refractivity contribution in [3.05, 3.63) is 41.1 Å². The van der Waals surface area contributed by atoms with Gasteiger partial charge < -0.3 is 14.8 Å². The first-order valence-electron chi connectivity index (χ1n) is 6.32. The average molecular weight is 308 g/mol. The second-order valence-corrected chi connectivity index (χ2v) is 5.24. The SMILES string of the molecule is CC(C)C(=O)Nc1cc(Cl)ccc1-c1ccc(C(=O)O)o1. The van der Waals surface area contributed by atoms with Crippen molar-refractivity contribution in [3.8, 4) is 11.3 Å². The molecule has 0 aliphatic heterocycles. The lowest BCUT2D eigenvalue weighted by atomic mass is 10.1. The first-order valence-corrected chi connectivity index (χ1v) is 6.70. The van der Waals surface area contributed by atoms with Crippen molar-refractivity contribution in [2.75, 3.05) is 5.32 Å². The zero-order valence-corrected chi connectivity index (χ0v) is 12.3. The minimum absolute atomic E-state index is 0.163. The number of hydrogen-bond acceptors (Lipinski definition) is 3. The Balaban J connectivity index is 2.42. The van der Waals surface area contributed by atoms with E-state index in [2.05, 4.69) is 5.32 Å². The van der Waals surface area contributed by atoms with Gasteiger partial charge in [-0.1, -0.05) is 25.4 Å². The molecule has 110 valence electrons. The van der Waals surface area contributed by atoms with Gasteiger partial charge in [-0.25, -0.2) is 4.79 Å². The van der Waals surface area contributed by atoms with Crippen molar-refractivity contribution in [1.82, 2.24) is 0 Å². The number of anilines is 1. The van der Waals surface area contributed by atoms with Crippen LogP contribution in [0.4, 0.5) is 5.69 Å². The maximum Gasteiger partial charge on any atom is 0.371 e. The molecule has 2 rings (SSSR count). The number of furan rings is 1. The number of halogens is 1. The van der Waals surface area contributed by atoms with Crippen LogP contribution in [0, 0.1) is 5.92 Å². The summed E-state index contributed by atoms with van der Waals surface area (Å²) in [6.07, 6.45) is 0. The number of carbonyl (C=O) groups is 2. The predicted octanol–water partition coefficient (Wildman–Crippen LogP) is 3.89. The van der Waals surface area contributed by atoms with Crippen molar-refractivity contribution < 1.29 is 19.1 Å². The molecule has 0 fully saturated rings. The van der Waals surface area contributed by atoms with Gasteiger partial charge in [0.1, 0.15) is 5.76 Å². The van der Waals surface area contributed by atoms with Crippen LogP contribution in [0.2, 0.25) is 5.02 Å². The number of amides is 1. The Hall–Kier alpha value is -2.27. The number of carboxylic acid groups (broad SMARTS) is 1. The van der Waals surface area contributed by atoms with Crippen LogP contribution in [0.3, 0.4) is 0 Å². The molecule has 2 N–H and O–H groups in total. The van der Waals surface area contributed by atoms with E-state index < -0.39 is 5.97 Å². The van der Waals surface area contributed by atoms with Crippen LogP contribution < -0.4 is 5.32 Å². The summed E-state index contributed by atoms with van der Waals surface area (Å²) in [6.45, 7) is 3.55. The van der Waals surface area contributed by atoms with E-state index in [4.69, 9.17) is 21.1 Å². The Morgan fingerprint density at radius 2 is 1.95 bits per heavy atom.